The molecule has 118 valence electrons. The highest BCUT2D eigenvalue weighted by molar-refractivity contribution is 5.80. The number of amides is 2. The van der Waals surface area contributed by atoms with E-state index >= 15 is 0 Å². The second-order valence-electron chi connectivity index (χ2n) is 7.15. The second-order valence-corrected chi connectivity index (χ2v) is 7.15. The van der Waals surface area contributed by atoms with Gasteiger partial charge in [0, 0.05) is 26.2 Å². The highest BCUT2D eigenvalue weighted by Crippen LogP contribution is 2.40. The van der Waals surface area contributed by atoms with Gasteiger partial charge < -0.3 is 14.9 Å². The number of urea groups is 1. The van der Waals surface area contributed by atoms with Gasteiger partial charge in [0.15, 0.2) is 0 Å². The zero-order chi connectivity index (χ0) is 15.0. The third-order valence-corrected chi connectivity index (χ3v) is 5.80. The summed E-state index contributed by atoms with van der Waals surface area (Å²) in [5.74, 6) is 0.644. The van der Waals surface area contributed by atoms with Crippen molar-refractivity contribution >= 4 is 12.0 Å². The number of hydrogen-bond acceptors (Lipinski definition) is 2. The largest absolute Gasteiger partial charge is 0.481 e. The van der Waals surface area contributed by atoms with E-state index in [-0.39, 0.29) is 6.03 Å². The number of aliphatic carboxylic acids is 1. The lowest BCUT2D eigenvalue weighted by molar-refractivity contribution is -0.148. The van der Waals surface area contributed by atoms with Gasteiger partial charge >= 0.3 is 12.0 Å². The van der Waals surface area contributed by atoms with Crippen molar-refractivity contribution in [2.24, 2.45) is 17.3 Å². The molecule has 1 aliphatic carbocycles. The molecule has 0 radical (unpaired) electrons. The molecule has 2 amide bonds. The molecule has 1 saturated carbocycles. The maximum Gasteiger partial charge on any atom is 0.320 e. The fourth-order valence-electron chi connectivity index (χ4n) is 4.59. The number of rotatable bonds is 3. The van der Waals surface area contributed by atoms with Crippen LogP contribution in [-0.4, -0.2) is 53.1 Å². The summed E-state index contributed by atoms with van der Waals surface area (Å²) in [4.78, 5) is 28.0. The number of hydrogen-bond donors (Lipinski definition) is 1. The SMILES string of the molecule is CCCC1(C(=O)O)CCN(C(=O)N2CC3CCCC3C2)C1. The van der Waals surface area contributed by atoms with Gasteiger partial charge in [0.05, 0.1) is 5.41 Å². The molecule has 5 nitrogen and oxygen atoms in total. The van der Waals surface area contributed by atoms with E-state index in [2.05, 4.69) is 0 Å². The third kappa shape index (κ3) is 2.51. The van der Waals surface area contributed by atoms with E-state index in [1.807, 2.05) is 11.8 Å². The Balaban J connectivity index is 1.63. The minimum Gasteiger partial charge on any atom is -0.481 e. The fourth-order valence-corrected chi connectivity index (χ4v) is 4.59. The summed E-state index contributed by atoms with van der Waals surface area (Å²) in [6, 6.07) is 0.0728. The molecule has 0 aromatic heterocycles. The van der Waals surface area contributed by atoms with Crippen LogP contribution in [0.15, 0.2) is 0 Å². The van der Waals surface area contributed by atoms with E-state index in [0.29, 0.717) is 37.8 Å². The average Bonchev–Trinajstić information content (AvgIpc) is 3.12. The van der Waals surface area contributed by atoms with Gasteiger partial charge in [0.1, 0.15) is 0 Å². The first kappa shape index (κ1) is 14.7. The van der Waals surface area contributed by atoms with Gasteiger partial charge in [-0.1, -0.05) is 19.8 Å². The standard InChI is InChI=1S/C16H26N2O3/c1-2-6-16(14(19)20)7-8-17(11-16)15(21)18-9-12-4-3-5-13(12)10-18/h12-13H,2-11H2,1H3,(H,19,20). The number of carboxylic acids is 1. The van der Waals surface area contributed by atoms with Gasteiger partial charge in [-0.15, -0.1) is 0 Å². The summed E-state index contributed by atoms with van der Waals surface area (Å²) >= 11 is 0. The molecule has 3 fully saturated rings. The average molecular weight is 294 g/mol. The molecule has 3 unspecified atom stereocenters. The van der Waals surface area contributed by atoms with Crippen LogP contribution in [-0.2, 0) is 4.79 Å². The van der Waals surface area contributed by atoms with Crippen molar-refractivity contribution in [2.75, 3.05) is 26.2 Å². The molecule has 2 heterocycles. The van der Waals surface area contributed by atoms with Crippen LogP contribution in [0.25, 0.3) is 0 Å². The normalized spacial score (nSPS) is 35.3. The summed E-state index contributed by atoms with van der Waals surface area (Å²) in [5, 5.41) is 9.54. The van der Waals surface area contributed by atoms with E-state index in [9.17, 15) is 14.7 Å². The lowest BCUT2D eigenvalue weighted by Crippen LogP contribution is -2.43. The fraction of sp³-hybridized carbons (Fsp3) is 0.875. The maximum atomic E-state index is 12.7. The van der Waals surface area contributed by atoms with E-state index in [1.54, 1.807) is 4.90 Å². The van der Waals surface area contributed by atoms with Crippen molar-refractivity contribution in [2.45, 2.75) is 45.4 Å². The summed E-state index contributed by atoms with van der Waals surface area (Å²) in [5.41, 5.74) is -0.708. The smallest absolute Gasteiger partial charge is 0.320 e. The molecule has 1 N–H and O–H groups in total. The summed E-state index contributed by atoms with van der Waals surface area (Å²) in [6.45, 7) is 4.76. The van der Waals surface area contributed by atoms with Crippen molar-refractivity contribution in [3.8, 4) is 0 Å². The minimum atomic E-state index is -0.738. The first-order valence-corrected chi connectivity index (χ1v) is 8.33. The Hall–Kier alpha value is -1.26. The molecule has 21 heavy (non-hydrogen) atoms. The molecule has 0 spiro atoms. The van der Waals surface area contributed by atoms with Crippen LogP contribution < -0.4 is 0 Å². The Kier molecular flexibility index (Phi) is 3.84. The van der Waals surface area contributed by atoms with Crippen LogP contribution in [0.3, 0.4) is 0 Å². The number of carbonyl (C=O) groups excluding carboxylic acids is 1. The lowest BCUT2D eigenvalue weighted by Gasteiger charge is -2.27. The Morgan fingerprint density at radius 1 is 1.19 bits per heavy atom. The Morgan fingerprint density at radius 3 is 2.43 bits per heavy atom. The van der Waals surface area contributed by atoms with Crippen LogP contribution in [0.5, 0.6) is 0 Å². The Labute approximate surface area is 126 Å². The van der Waals surface area contributed by atoms with E-state index in [4.69, 9.17) is 0 Å². The van der Waals surface area contributed by atoms with Gasteiger partial charge in [-0.3, -0.25) is 4.79 Å². The van der Waals surface area contributed by atoms with Crippen LogP contribution in [0, 0.1) is 17.3 Å². The van der Waals surface area contributed by atoms with E-state index < -0.39 is 11.4 Å². The monoisotopic (exact) mass is 294 g/mol. The van der Waals surface area contributed by atoms with E-state index in [1.165, 1.54) is 19.3 Å². The molecule has 5 heteroatoms. The topological polar surface area (TPSA) is 60.9 Å². The molecule has 3 aliphatic rings. The first-order chi connectivity index (χ1) is 10.1. The van der Waals surface area contributed by atoms with Crippen LogP contribution >= 0.6 is 0 Å². The number of nitrogens with zero attached hydrogens (tertiary/aromatic N) is 2. The Bertz CT molecular complexity index is 427. The molecule has 0 bridgehead atoms. The zero-order valence-corrected chi connectivity index (χ0v) is 12.9. The number of carbonyl (C=O) groups is 2. The van der Waals surface area contributed by atoms with Crippen molar-refractivity contribution in [3.63, 3.8) is 0 Å². The molecule has 0 aromatic carbocycles. The predicted molar refractivity (Wildman–Crippen MR) is 79.0 cm³/mol. The lowest BCUT2D eigenvalue weighted by atomic mass is 9.83. The highest BCUT2D eigenvalue weighted by atomic mass is 16.4. The summed E-state index contributed by atoms with van der Waals surface area (Å²) in [6.07, 6.45) is 5.93. The number of carboxylic acid groups (broad SMARTS) is 1. The molecular weight excluding hydrogens is 268 g/mol. The third-order valence-electron chi connectivity index (χ3n) is 5.80. The summed E-state index contributed by atoms with van der Waals surface area (Å²) < 4.78 is 0. The van der Waals surface area contributed by atoms with Gasteiger partial charge in [-0.2, -0.15) is 0 Å². The molecule has 3 atom stereocenters. The van der Waals surface area contributed by atoms with Gasteiger partial charge in [-0.05, 0) is 37.5 Å². The molecule has 2 aliphatic heterocycles. The van der Waals surface area contributed by atoms with Crippen LogP contribution in [0.4, 0.5) is 4.79 Å². The van der Waals surface area contributed by atoms with E-state index in [0.717, 1.165) is 19.5 Å². The van der Waals surface area contributed by atoms with Crippen molar-refractivity contribution in [1.82, 2.24) is 9.80 Å². The van der Waals surface area contributed by atoms with Gasteiger partial charge in [0.2, 0.25) is 0 Å². The van der Waals surface area contributed by atoms with Gasteiger partial charge in [-0.25, -0.2) is 4.79 Å². The number of likely N-dealkylation sites (tertiary alicyclic amines) is 2. The molecule has 2 saturated heterocycles. The second kappa shape index (κ2) is 5.50. The van der Waals surface area contributed by atoms with Gasteiger partial charge in [0.25, 0.3) is 0 Å². The van der Waals surface area contributed by atoms with Crippen molar-refractivity contribution in [3.05, 3.63) is 0 Å². The minimum absolute atomic E-state index is 0.0728. The van der Waals surface area contributed by atoms with Crippen molar-refractivity contribution in [1.29, 1.82) is 0 Å². The molecule has 0 aromatic rings. The quantitative estimate of drug-likeness (QED) is 0.869. The predicted octanol–water partition coefficient (Wildman–Crippen LogP) is 2.42. The highest BCUT2D eigenvalue weighted by Gasteiger charge is 2.47. The number of fused-ring (bicyclic) bond motifs is 1. The summed E-state index contributed by atoms with van der Waals surface area (Å²) in [7, 11) is 0. The maximum absolute atomic E-state index is 12.7. The molecular formula is C16H26N2O3. The first-order valence-electron chi connectivity index (χ1n) is 8.33. The zero-order valence-electron chi connectivity index (χ0n) is 12.9. The Morgan fingerprint density at radius 2 is 1.86 bits per heavy atom. The van der Waals surface area contributed by atoms with Crippen LogP contribution in [0.1, 0.15) is 45.4 Å². The molecule has 3 rings (SSSR count). The van der Waals surface area contributed by atoms with Crippen molar-refractivity contribution < 1.29 is 14.7 Å². The van der Waals surface area contributed by atoms with Crippen LogP contribution in [0.2, 0.25) is 0 Å².